The van der Waals surface area contributed by atoms with E-state index in [1.54, 1.807) is 13.0 Å². The zero-order valence-electron chi connectivity index (χ0n) is 8.31. The van der Waals surface area contributed by atoms with Gasteiger partial charge < -0.3 is 0 Å². The van der Waals surface area contributed by atoms with Gasteiger partial charge in [-0.05, 0) is 36.7 Å². The van der Waals surface area contributed by atoms with Gasteiger partial charge in [0.2, 0.25) is 5.29 Å². The van der Waals surface area contributed by atoms with E-state index in [0.29, 0.717) is 10.7 Å². The first-order valence-corrected chi connectivity index (χ1v) is 6.73. The van der Waals surface area contributed by atoms with E-state index in [1.165, 1.54) is 12.1 Å². The highest BCUT2D eigenvalue weighted by Gasteiger charge is 2.32. The molecule has 1 aliphatic heterocycles. The Morgan fingerprint density at radius 3 is 2.69 bits per heavy atom. The average molecular weight is 279 g/mol. The second-order valence-electron chi connectivity index (χ2n) is 3.16. The van der Waals surface area contributed by atoms with Crippen LogP contribution >= 0.6 is 23.2 Å². The maximum atomic E-state index is 12.1. The van der Waals surface area contributed by atoms with E-state index in [4.69, 9.17) is 23.2 Å². The highest BCUT2D eigenvalue weighted by atomic mass is 35.5. The Morgan fingerprint density at radius 2 is 2.06 bits per heavy atom. The number of rotatable bonds is 1. The van der Waals surface area contributed by atoms with Crippen molar-refractivity contribution >= 4 is 44.2 Å². The van der Waals surface area contributed by atoms with Crippen molar-refractivity contribution in [3.8, 4) is 0 Å². The van der Waals surface area contributed by atoms with Crippen LogP contribution in [0.5, 0.6) is 0 Å². The minimum atomic E-state index is -3.62. The first-order valence-electron chi connectivity index (χ1n) is 4.53. The molecule has 0 unspecified atom stereocenters. The molecule has 4 nitrogen and oxygen atoms in total. The van der Waals surface area contributed by atoms with Crippen molar-refractivity contribution in [2.24, 2.45) is 4.99 Å². The van der Waals surface area contributed by atoms with Gasteiger partial charge in [-0.3, -0.25) is 0 Å². The Labute approximate surface area is 104 Å². The van der Waals surface area contributed by atoms with Crippen molar-refractivity contribution in [2.45, 2.75) is 11.8 Å². The quantitative estimate of drug-likeness (QED) is 0.742. The van der Waals surface area contributed by atoms with Crippen LogP contribution in [-0.4, -0.2) is 24.6 Å². The van der Waals surface area contributed by atoms with Crippen LogP contribution in [0, 0.1) is 0 Å². The molecule has 1 heterocycles. The number of benzene rings is 1. The number of amidine groups is 1. The lowest BCUT2D eigenvalue weighted by Crippen LogP contribution is -2.36. The van der Waals surface area contributed by atoms with Crippen LogP contribution in [0.2, 0.25) is 5.02 Å². The third-order valence-electron chi connectivity index (χ3n) is 2.20. The molecular weight excluding hydrogens is 271 g/mol. The molecule has 0 saturated heterocycles. The lowest BCUT2D eigenvalue weighted by molar-refractivity contribution is 0.532. The van der Waals surface area contributed by atoms with E-state index in [9.17, 15) is 8.42 Å². The summed E-state index contributed by atoms with van der Waals surface area (Å²) in [5.74, 6) is 0. The summed E-state index contributed by atoms with van der Waals surface area (Å²) >= 11 is 11.6. The van der Waals surface area contributed by atoms with E-state index in [0.717, 1.165) is 4.31 Å². The van der Waals surface area contributed by atoms with Crippen LogP contribution in [0.15, 0.2) is 28.1 Å². The number of halogens is 2. The van der Waals surface area contributed by atoms with E-state index >= 15 is 0 Å². The topological polar surface area (TPSA) is 49.7 Å². The number of hydrogen-bond acceptors (Lipinski definition) is 3. The van der Waals surface area contributed by atoms with Crippen LogP contribution < -0.4 is 0 Å². The molecule has 0 aromatic heterocycles. The Morgan fingerprint density at radius 1 is 1.38 bits per heavy atom. The molecule has 1 aromatic carbocycles. The Kier molecular flexibility index (Phi) is 2.86. The van der Waals surface area contributed by atoms with Gasteiger partial charge in [0, 0.05) is 11.6 Å². The molecule has 0 saturated carbocycles. The smallest absolute Gasteiger partial charge is 0.240 e. The number of sulfonamides is 1. The molecule has 0 bridgehead atoms. The van der Waals surface area contributed by atoms with Crippen molar-refractivity contribution in [3.63, 3.8) is 0 Å². The summed E-state index contributed by atoms with van der Waals surface area (Å²) < 4.78 is 25.2. The van der Waals surface area contributed by atoms with Crippen LogP contribution in [0.1, 0.15) is 6.92 Å². The highest BCUT2D eigenvalue weighted by molar-refractivity contribution is 7.90. The normalized spacial score (nSPS) is 17.9. The van der Waals surface area contributed by atoms with Crippen molar-refractivity contribution in [2.75, 3.05) is 6.54 Å². The highest BCUT2D eigenvalue weighted by Crippen LogP contribution is 2.34. The fourth-order valence-electron chi connectivity index (χ4n) is 1.46. The zero-order chi connectivity index (χ0) is 11.9. The SMILES string of the molecule is CCN1C(Cl)=Nc2ccc(Cl)cc2S1(=O)=O. The van der Waals surface area contributed by atoms with Gasteiger partial charge in [0.05, 0.1) is 5.69 Å². The molecule has 2 rings (SSSR count). The summed E-state index contributed by atoms with van der Waals surface area (Å²) in [6.45, 7) is 1.92. The molecule has 7 heteroatoms. The number of hydrogen-bond donors (Lipinski definition) is 0. The molecule has 0 N–H and O–H groups in total. The summed E-state index contributed by atoms with van der Waals surface area (Å²) in [6, 6.07) is 4.48. The summed E-state index contributed by atoms with van der Waals surface area (Å²) in [6.07, 6.45) is 0. The van der Waals surface area contributed by atoms with Gasteiger partial charge in [-0.2, -0.15) is 0 Å². The van der Waals surface area contributed by atoms with Crippen LogP contribution in [0.4, 0.5) is 5.69 Å². The number of aliphatic imine (C=N–C) groups is 1. The lowest BCUT2D eigenvalue weighted by Gasteiger charge is -2.25. The number of nitrogens with zero attached hydrogens (tertiary/aromatic N) is 2. The minimum Gasteiger partial charge on any atom is -0.240 e. The van der Waals surface area contributed by atoms with E-state index in [2.05, 4.69) is 4.99 Å². The van der Waals surface area contributed by atoms with Gasteiger partial charge in [-0.1, -0.05) is 11.6 Å². The van der Waals surface area contributed by atoms with Gasteiger partial charge in [0.1, 0.15) is 4.90 Å². The molecule has 0 aliphatic carbocycles. The zero-order valence-corrected chi connectivity index (χ0v) is 10.6. The lowest BCUT2D eigenvalue weighted by atomic mass is 10.3. The minimum absolute atomic E-state index is 0.0441. The summed E-state index contributed by atoms with van der Waals surface area (Å²) in [4.78, 5) is 4.09. The van der Waals surface area contributed by atoms with Crippen LogP contribution in [-0.2, 0) is 10.0 Å². The first kappa shape index (κ1) is 11.7. The largest absolute Gasteiger partial charge is 0.268 e. The second kappa shape index (κ2) is 3.91. The van der Waals surface area contributed by atoms with E-state index in [1.807, 2.05) is 0 Å². The molecule has 1 aliphatic rings. The number of fused-ring (bicyclic) bond motifs is 1. The molecule has 86 valence electrons. The van der Waals surface area contributed by atoms with E-state index in [-0.39, 0.29) is 16.7 Å². The molecule has 1 aromatic rings. The van der Waals surface area contributed by atoms with Crippen molar-refractivity contribution in [1.82, 2.24) is 4.31 Å². The first-order chi connectivity index (χ1) is 7.46. The average Bonchev–Trinajstić information content (AvgIpc) is 2.19. The van der Waals surface area contributed by atoms with Gasteiger partial charge in [0.25, 0.3) is 10.0 Å². The molecule has 16 heavy (non-hydrogen) atoms. The van der Waals surface area contributed by atoms with Crippen molar-refractivity contribution in [1.29, 1.82) is 0 Å². The standard InChI is InChI=1S/C9H8Cl2N2O2S/c1-2-13-9(11)12-7-4-3-6(10)5-8(7)16(13,14)15/h3-5H,2H2,1H3. The van der Waals surface area contributed by atoms with Crippen molar-refractivity contribution < 1.29 is 8.42 Å². The van der Waals surface area contributed by atoms with Gasteiger partial charge in [-0.25, -0.2) is 17.7 Å². The van der Waals surface area contributed by atoms with Gasteiger partial charge in [0.15, 0.2) is 0 Å². The molecule has 0 atom stereocenters. The second-order valence-corrected chi connectivity index (χ2v) is 5.77. The van der Waals surface area contributed by atoms with Crippen LogP contribution in [0.25, 0.3) is 0 Å². The molecule has 0 amide bonds. The predicted octanol–water partition coefficient (Wildman–Crippen LogP) is 2.59. The predicted molar refractivity (Wildman–Crippen MR) is 64.0 cm³/mol. The summed E-state index contributed by atoms with van der Waals surface area (Å²) in [7, 11) is -3.62. The third-order valence-corrected chi connectivity index (χ3v) is 4.71. The van der Waals surface area contributed by atoms with E-state index < -0.39 is 10.0 Å². The summed E-state index contributed by atoms with van der Waals surface area (Å²) in [5, 5.41) is 0.309. The Bertz CT molecular complexity index is 569. The molecule has 0 spiro atoms. The third kappa shape index (κ3) is 1.69. The monoisotopic (exact) mass is 278 g/mol. The van der Waals surface area contributed by atoms with Gasteiger partial charge >= 0.3 is 0 Å². The Hall–Kier alpha value is -0.780. The van der Waals surface area contributed by atoms with Gasteiger partial charge in [-0.15, -0.1) is 0 Å². The Balaban J connectivity index is 2.74. The molecule has 0 radical (unpaired) electrons. The maximum Gasteiger partial charge on any atom is 0.268 e. The fraction of sp³-hybridized carbons (Fsp3) is 0.222. The fourth-order valence-corrected chi connectivity index (χ4v) is 3.65. The van der Waals surface area contributed by atoms with Crippen molar-refractivity contribution in [3.05, 3.63) is 23.2 Å². The molecular formula is C9H8Cl2N2O2S. The van der Waals surface area contributed by atoms with Crippen LogP contribution in [0.3, 0.4) is 0 Å². The summed E-state index contributed by atoms with van der Waals surface area (Å²) in [5.41, 5.74) is 0.319. The molecule has 0 fully saturated rings. The maximum absolute atomic E-state index is 12.1.